The number of carbonyl (C=O) groups is 1. The van der Waals surface area contributed by atoms with Crippen molar-refractivity contribution in [3.63, 3.8) is 0 Å². The van der Waals surface area contributed by atoms with Crippen molar-refractivity contribution in [2.24, 2.45) is 11.8 Å². The second kappa shape index (κ2) is 5.49. The average Bonchev–Trinajstić information content (AvgIpc) is 3.04. The number of carboxylic acid groups (broad SMARTS) is 1. The van der Waals surface area contributed by atoms with Gasteiger partial charge in [0.15, 0.2) is 5.13 Å². The minimum absolute atomic E-state index is 0.154. The molecule has 0 saturated heterocycles. The van der Waals surface area contributed by atoms with Crippen LogP contribution in [0.25, 0.3) is 0 Å². The summed E-state index contributed by atoms with van der Waals surface area (Å²) in [6.45, 7) is 3.24. The Kier molecular flexibility index (Phi) is 3.99. The first-order valence-corrected chi connectivity index (χ1v) is 6.93. The Labute approximate surface area is 105 Å². The normalized spacial score (nSPS) is 16.8. The molecule has 0 amide bonds. The minimum atomic E-state index is -0.769. The van der Waals surface area contributed by atoms with E-state index in [0.717, 1.165) is 23.3 Å². The van der Waals surface area contributed by atoms with Crippen LogP contribution >= 0.6 is 11.3 Å². The average molecular weight is 254 g/mol. The van der Waals surface area contributed by atoms with E-state index in [9.17, 15) is 4.79 Å². The molecule has 0 aliphatic heterocycles. The number of anilines is 1. The van der Waals surface area contributed by atoms with Crippen molar-refractivity contribution in [1.82, 2.24) is 4.98 Å². The van der Waals surface area contributed by atoms with Gasteiger partial charge in [-0.05, 0) is 24.7 Å². The Morgan fingerprint density at radius 1 is 1.71 bits per heavy atom. The van der Waals surface area contributed by atoms with Crippen molar-refractivity contribution in [2.75, 3.05) is 11.9 Å². The molecule has 1 aromatic rings. The van der Waals surface area contributed by atoms with Crippen LogP contribution in [0.4, 0.5) is 5.13 Å². The number of hydrogen-bond acceptors (Lipinski definition) is 4. The van der Waals surface area contributed by atoms with E-state index in [2.05, 4.69) is 17.2 Å². The summed E-state index contributed by atoms with van der Waals surface area (Å²) in [7, 11) is 0. The lowest BCUT2D eigenvalue weighted by molar-refractivity contribution is -0.136. The predicted molar refractivity (Wildman–Crippen MR) is 68.4 cm³/mol. The molecule has 4 nitrogen and oxygen atoms in total. The third-order valence-corrected chi connectivity index (χ3v) is 4.00. The predicted octanol–water partition coefficient (Wildman–Crippen LogP) is 2.62. The Hall–Kier alpha value is -1.10. The molecule has 0 aromatic carbocycles. The summed E-state index contributed by atoms with van der Waals surface area (Å²) in [5, 5.41) is 14.8. The van der Waals surface area contributed by atoms with Crippen molar-refractivity contribution in [2.45, 2.75) is 32.6 Å². The monoisotopic (exact) mass is 254 g/mol. The van der Waals surface area contributed by atoms with E-state index >= 15 is 0 Å². The number of rotatable bonds is 7. The minimum Gasteiger partial charge on any atom is -0.481 e. The summed E-state index contributed by atoms with van der Waals surface area (Å²) >= 11 is 1.56. The van der Waals surface area contributed by atoms with E-state index in [4.69, 9.17) is 5.11 Å². The molecule has 0 bridgehead atoms. The number of thiazole rings is 1. The lowest BCUT2D eigenvalue weighted by atomic mass is 10.1. The molecule has 1 atom stereocenters. The molecule has 17 heavy (non-hydrogen) atoms. The van der Waals surface area contributed by atoms with Crippen molar-refractivity contribution in [3.8, 4) is 0 Å². The summed E-state index contributed by atoms with van der Waals surface area (Å²) in [6, 6.07) is 0. The molecule has 1 aliphatic rings. The van der Waals surface area contributed by atoms with Crippen LogP contribution in [0, 0.1) is 11.8 Å². The highest BCUT2D eigenvalue weighted by Gasteiger charge is 2.27. The lowest BCUT2D eigenvalue weighted by Gasteiger charge is -2.09. The first-order chi connectivity index (χ1) is 8.15. The topological polar surface area (TPSA) is 62.2 Å². The first-order valence-electron chi connectivity index (χ1n) is 6.05. The maximum atomic E-state index is 10.4. The Bertz CT molecular complexity index is 388. The zero-order valence-electron chi connectivity index (χ0n) is 9.98. The van der Waals surface area contributed by atoms with E-state index < -0.39 is 5.97 Å². The van der Waals surface area contributed by atoms with Crippen LogP contribution < -0.4 is 5.32 Å². The molecule has 94 valence electrons. The fourth-order valence-electron chi connectivity index (χ4n) is 1.82. The van der Waals surface area contributed by atoms with E-state index in [-0.39, 0.29) is 6.42 Å². The van der Waals surface area contributed by atoms with Crippen LogP contribution in [-0.4, -0.2) is 22.6 Å². The molecule has 0 spiro atoms. The third-order valence-electron chi connectivity index (χ3n) is 3.15. The van der Waals surface area contributed by atoms with E-state index in [1.54, 1.807) is 11.3 Å². The molecule has 1 saturated carbocycles. The highest BCUT2D eigenvalue weighted by molar-refractivity contribution is 7.13. The van der Waals surface area contributed by atoms with Gasteiger partial charge in [0.25, 0.3) is 0 Å². The largest absolute Gasteiger partial charge is 0.481 e. The van der Waals surface area contributed by atoms with Crippen molar-refractivity contribution < 1.29 is 9.90 Å². The number of aliphatic carboxylic acids is 1. The third kappa shape index (κ3) is 4.00. The number of aromatic nitrogens is 1. The van der Waals surface area contributed by atoms with Gasteiger partial charge in [-0.3, -0.25) is 4.79 Å². The van der Waals surface area contributed by atoms with Crippen LogP contribution in [0.1, 0.15) is 31.9 Å². The van der Waals surface area contributed by atoms with Gasteiger partial charge in [0.05, 0.1) is 12.1 Å². The maximum Gasteiger partial charge on any atom is 0.303 e. The number of nitrogens with one attached hydrogen (secondary N) is 1. The fraction of sp³-hybridized carbons (Fsp3) is 0.667. The van der Waals surface area contributed by atoms with Crippen LogP contribution in [0.5, 0.6) is 0 Å². The van der Waals surface area contributed by atoms with Crippen LogP contribution in [0.3, 0.4) is 0 Å². The number of carboxylic acids is 1. The summed E-state index contributed by atoms with van der Waals surface area (Å²) in [5.41, 5.74) is 0.874. The van der Waals surface area contributed by atoms with Gasteiger partial charge in [0.2, 0.25) is 0 Å². The first kappa shape index (κ1) is 12.4. The van der Waals surface area contributed by atoms with Gasteiger partial charge in [0.1, 0.15) is 0 Å². The zero-order valence-corrected chi connectivity index (χ0v) is 10.8. The van der Waals surface area contributed by atoms with E-state index in [1.807, 2.05) is 5.38 Å². The Morgan fingerprint density at radius 3 is 3.12 bits per heavy atom. The molecule has 1 heterocycles. The van der Waals surface area contributed by atoms with Crippen LogP contribution in [-0.2, 0) is 11.2 Å². The van der Waals surface area contributed by atoms with Crippen LogP contribution in [0.2, 0.25) is 0 Å². The Balaban J connectivity index is 1.75. The van der Waals surface area contributed by atoms with Gasteiger partial charge in [-0.2, -0.15) is 0 Å². The van der Waals surface area contributed by atoms with Crippen molar-refractivity contribution >= 4 is 22.4 Å². The molecule has 1 aromatic heterocycles. The van der Waals surface area contributed by atoms with Gasteiger partial charge < -0.3 is 10.4 Å². The lowest BCUT2D eigenvalue weighted by Crippen LogP contribution is -2.12. The van der Waals surface area contributed by atoms with E-state index in [0.29, 0.717) is 12.3 Å². The van der Waals surface area contributed by atoms with Gasteiger partial charge >= 0.3 is 5.97 Å². The second-order valence-electron chi connectivity index (χ2n) is 4.73. The van der Waals surface area contributed by atoms with Crippen molar-refractivity contribution in [1.29, 1.82) is 0 Å². The molecule has 5 heteroatoms. The van der Waals surface area contributed by atoms with Crippen molar-refractivity contribution in [3.05, 3.63) is 11.1 Å². The highest BCUT2D eigenvalue weighted by Crippen LogP contribution is 2.36. The summed E-state index contributed by atoms with van der Waals surface area (Å²) in [5.74, 6) is 0.838. The SMILES string of the molecule is CC(CNc1nc(CCC(=O)O)cs1)C1CC1. The molecule has 0 radical (unpaired) electrons. The number of nitrogens with zero attached hydrogens (tertiary/aromatic N) is 1. The Morgan fingerprint density at radius 2 is 2.47 bits per heavy atom. The molecular weight excluding hydrogens is 236 g/mol. The van der Waals surface area contributed by atoms with Crippen LogP contribution in [0.15, 0.2) is 5.38 Å². The summed E-state index contributed by atoms with van der Waals surface area (Å²) in [6.07, 6.45) is 3.41. The molecular formula is C12H18N2O2S. The molecule has 1 aliphatic carbocycles. The zero-order chi connectivity index (χ0) is 12.3. The fourth-order valence-corrected chi connectivity index (χ4v) is 2.57. The number of hydrogen-bond donors (Lipinski definition) is 2. The van der Waals surface area contributed by atoms with Gasteiger partial charge in [0, 0.05) is 18.3 Å². The smallest absolute Gasteiger partial charge is 0.303 e. The van der Waals surface area contributed by atoms with E-state index in [1.165, 1.54) is 12.8 Å². The molecule has 1 unspecified atom stereocenters. The standard InChI is InChI=1S/C12H18N2O2S/c1-8(9-2-3-9)6-13-12-14-10(7-17-12)4-5-11(15)16/h7-9H,2-6H2,1H3,(H,13,14)(H,15,16). The van der Waals surface area contributed by atoms with Gasteiger partial charge in [-0.15, -0.1) is 11.3 Å². The molecule has 2 rings (SSSR count). The van der Waals surface area contributed by atoms with Gasteiger partial charge in [-0.1, -0.05) is 6.92 Å². The number of aryl methyl sites for hydroxylation is 1. The summed E-state index contributed by atoms with van der Waals surface area (Å²) < 4.78 is 0. The maximum absolute atomic E-state index is 10.4. The van der Waals surface area contributed by atoms with Gasteiger partial charge in [-0.25, -0.2) is 4.98 Å². The second-order valence-corrected chi connectivity index (χ2v) is 5.59. The highest BCUT2D eigenvalue weighted by atomic mass is 32.1. The molecule has 1 fully saturated rings. The quantitative estimate of drug-likeness (QED) is 0.785. The summed E-state index contributed by atoms with van der Waals surface area (Å²) in [4.78, 5) is 14.8. The molecule has 2 N–H and O–H groups in total.